The molecule has 1 unspecified atom stereocenters. The second-order valence-electron chi connectivity index (χ2n) is 8.89. The van der Waals surface area contributed by atoms with Crippen molar-refractivity contribution in [3.63, 3.8) is 0 Å². The Bertz CT molecular complexity index is 1140. The summed E-state index contributed by atoms with van der Waals surface area (Å²) in [6.45, 7) is 8.68. The van der Waals surface area contributed by atoms with Crippen molar-refractivity contribution in [1.29, 1.82) is 0 Å². The van der Waals surface area contributed by atoms with Crippen LogP contribution in [0.25, 0.3) is 5.76 Å². The maximum Gasteiger partial charge on any atom is 0.295 e. The van der Waals surface area contributed by atoms with Gasteiger partial charge in [-0.25, -0.2) is 0 Å². The minimum absolute atomic E-state index is 0.0580. The fourth-order valence-electron chi connectivity index (χ4n) is 4.79. The first-order chi connectivity index (χ1) is 18.0. The van der Waals surface area contributed by atoms with Gasteiger partial charge < -0.3 is 33.9 Å². The number of amides is 1. The van der Waals surface area contributed by atoms with Gasteiger partial charge >= 0.3 is 0 Å². The number of hydrogen-bond donors (Lipinski definition) is 1. The van der Waals surface area contributed by atoms with Crippen LogP contribution in [0.3, 0.4) is 0 Å². The van der Waals surface area contributed by atoms with Crippen molar-refractivity contribution in [3.05, 3.63) is 59.2 Å². The van der Waals surface area contributed by atoms with Crippen LogP contribution in [-0.2, 0) is 14.3 Å². The Kier molecular flexibility index (Phi) is 8.68. The molecule has 0 spiro atoms. The second-order valence-corrected chi connectivity index (χ2v) is 8.89. The Balaban J connectivity index is 1.75. The number of nitrogens with one attached hydrogen (secondary N) is 1. The molecule has 0 saturated carbocycles. The third kappa shape index (κ3) is 5.73. The molecule has 0 radical (unpaired) electrons. The van der Waals surface area contributed by atoms with Crippen LogP contribution >= 0.6 is 0 Å². The summed E-state index contributed by atoms with van der Waals surface area (Å²) in [7, 11) is 1.53. The zero-order valence-electron chi connectivity index (χ0n) is 21.6. The monoisotopic (exact) mass is 510 g/mol. The maximum atomic E-state index is 13.7. The maximum absolute atomic E-state index is 13.7. The smallest absolute Gasteiger partial charge is 0.295 e. The summed E-state index contributed by atoms with van der Waals surface area (Å²) in [5.41, 5.74) is 0.881. The number of ether oxygens (including phenoxy) is 4. The predicted molar refractivity (Wildman–Crippen MR) is 135 cm³/mol. The van der Waals surface area contributed by atoms with Gasteiger partial charge in [0.2, 0.25) is 5.78 Å². The predicted octanol–water partition coefficient (Wildman–Crippen LogP) is 0.632. The molecule has 1 N–H and O–H groups in total. The number of morpholine rings is 1. The molecule has 9 heteroatoms. The second kappa shape index (κ2) is 12.1. The van der Waals surface area contributed by atoms with E-state index in [4.69, 9.17) is 18.9 Å². The number of rotatable bonds is 10. The average Bonchev–Trinajstić information content (AvgIpc) is 3.18. The van der Waals surface area contributed by atoms with Crippen LogP contribution in [0.15, 0.2) is 48.0 Å². The lowest BCUT2D eigenvalue weighted by Gasteiger charge is -2.30. The summed E-state index contributed by atoms with van der Waals surface area (Å²) in [6, 6.07) is 11.0. The van der Waals surface area contributed by atoms with Crippen molar-refractivity contribution in [2.75, 3.05) is 59.7 Å². The average molecular weight is 511 g/mol. The van der Waals surface area contributed by atoms with Gasteiger partial charge in [-0.15, -0.1) is 0 Å². The SMILES string of the molecule is CCOc1ccc(/C([O-])=C2\C(=O)C(=O)N(CC[NH+]3CCOCC3)C2c2ccc(OCC)c(OC)c2)cc1. The zero-order chi connectivity index (χ0) is 26.4. The molecule has 1 atom stereocenters. The summed E-state index contributed by atoms with van der Waals surface area (Å²) in [5, 5.41) is 13.7. The number of carbonyl (C=O) groups excluding carboxylic acids is 2. The summed E-state index contributed by atoms with van der Waals surface area (Å²) < 4.78 is 22.1. The van der Waals surface area contributed by atoms with Crippen LogP contribution in [0.1, 0.15) is 31.0 Å². The number of Topliss-reactive ketones (excluding diaryl/α,β-unsaturated/α-hetero) is 1. The van der Waals surface area contributed by atoms with E-state index in [1.165, 1.54) is 16.9 Å². The molecule has 4 rings (SSSR count). The highest BCUT2D eigenvalue weighted by atomic mass is 16.5. The van der Waals surface area contributed by atoms with Gasteiger partial charge in [-0.1, -0.05) is 24.0 Å². The lowest BCUT2D eigenvalue weighted by molar-refractivity contribution is -0.907. The third-order valence-corrected chi connectivity index (χ3v) is 6.67. The van der Waals surface area contributed by atoms with E-state index in [9.17, 15) is 14.7 Å². The van der Waals surface area contributed by atoms with E-state index < -0.39 is 23.5 Å². The summed E-state index contributed by atoms with van der Waals surface area (Å²) in [5.74, 6) is -0.263. The Hall–Kier alpha value is -3.56. The first-order valence-electron chi connectivity index (χ1n) is 12.7. The largest absolute Gasteiger partial charge is 0.872 e. The summed E-state index contributed by atoms with van der Waals surface area (Å²) in [6.07, 6.45) is 0. The van der Waals surface area contributed by atoms with E-state index in [1.54, 1.807) is 42.5 Å². The molecule has 9 nitrogen and oxygen atoms in total. The van der Waals surface area contributed by atoms with Gasteiger partial charge in [-0.2, -0.15) is 0 Å². The molecule has 2 saturated heterocycles. The van der Waals surface area contributed by atoms with Crippen molar-refractivity contribution in [2.24, 2.45) is 0 Å². The van der Waals surface area contributed by atoms with Crippen molar-refractivity contribution < 1.29 is 38.5 Å². The lowest BCUT2D eigenvalue weighted by Crippen LogP contribution is -3.14. The van der Waals surface area contributed by atoms with E-state index in [0.29, 0.717) is 67.9 Å². The molecule has 37 heavy (non-hydrogen) atoms. The van der Waals surface area contributed by atoms with Crippen LogP contribution in [0.4, 0.5) is 0 Å². The number of likely N-dealkylation sites (tertiary alicyclic amines) is 1. The highest BCUT2D eigenvalue weighted by Crippen LogP contribution is 2.41. The first-order valence-corrected chi connectivity index (χ1v) is 12.7. The zero-order valence-corrected chi connectivity index (χ0v) is 21.6. The molecule has 2 heterocycles. The number of nitrogens with zero attached hydrogens (tertiary/aromatic N) is 1. The summed E-state index contributed by atoms with van der Waals surface area (Å²) >= 11 is 0. The summed E-state index contributed by atoms with van der Waals surface area (Å²) in [4.78, 5) is 29.4. The van der Waals surface area contributed by atoms with Gasteiger partial charge in [0, 0.05) is 5.57 Å². The van der Waals surface area contributed by atoms with Crippen LogP contribution in [0.2, 0.25) is 0 Å². The molecule has 2 aromatic rings. The molecule has 2 fully saturated rings. The van der Waals surface area contributed by atoms with Crippen molar-refractivity contribution >= 4 is 17.4 Å². The molecule has 0 aliphatic carbocycles. The minimum atomic E-state index is -0.830. The molecule has 2 aromatic carbocycles. The Morgan fingerprint density at radius 2 is 1.73 bits per heavy atom. The molecule has 198 valence electrons. The van der Waals surface area contributed by atoms with Crippen LogP contribution in [0, 0.1) is 0 Å². The standard InChI is InChI=1S/C28H34N2O7/c1-4-36-21-9-6-19(7-10-21)26(31)24-25(20-8-11-22(37-5-2)23(18-20)34-3)30(28(33)27(24)32)13-12-29-14-16-35-17-15-29/h6-11,18,25,31H,4-5,12-17H2,1-3H3/b26-24+. The van der Waals surface area contributed by atoms with Crippen LogP contribution < -0.4 is 24.2 Å². The minimum Gasteiger partial charge on any atom is -0.872 e. The fourth-order valence-corrected chi connectivity index (χ4v) is 4.79. The number of ketones is 1. The molecule has 2 aliphatic rings. The van der Waals surface area contributed by atoms with Crippen molar-refractivity contribution in [1.82, 2.24) is 4.90 Å². The molecule has 1 amide bonds. The quantitative estimate of drug-likeness (QED) is 0.284. The molecular weight excluding hydrogens is 476 g/mol. The van der Waals surface area contributed by atoms with Crippen molar-refractivity contribution in [3.8, 4) is 17.2 Å². The number of hydrogen-bond acceptors (Lipinski definition) is 7. The van der Waals surface area contributed by atoms with Gasteiger partial charge in [-0.3, -0.25) is 9.59 Å². The van der Waals surface area contributed by atoms with Crippen LogP contribution in [-0.4, -0.2) is 76.3 Å². The van der Waals surface area contributed by atoms with E-state index in [0.717, 1.165) is 13.1 Å². The number of quaternary nitrogens is 1. The Labute approximate surface area is 217 Å². The van der Waals surface area contributed by atoms with E-state index >= 15 is 0 Å². The third-order valence-electron chi connectivity index (χ3n) is 6.67. The lowest BCUT2D eigenvalue weighted by atomic mass is 9.95. The Morgan fingerprint density at radius 1 is 1.03 bits per heavy atom. The van der Waals surface area contributed by atoms with Gasteiger partial charge in [-0.05, 0) is 49.2 Å². The number of benzene rings is 2. The van der Waals surface area contributed by atoms with E-state index in [1.807, 2.05) is 13.8 Å². The highest BCUT2D eigenvalue weighted by molar-refractivity contribution is 6.46. The Morgan fingerprint density at radius 3 is 2.38 bits per heavy atom. The molecular formula is C28H34N2O7. The normalized spacial score (nSPS) is 19.8. The molecule has 2 aliphatic heterocycles. The van der Waals surface area contributed by atoms with Crippen molar-refractivity contribution in [2.45, 2.75) is 19.9 Å². The van der Waals surface area contributed by atoms with Gasteiger partial charge in [0.05, 0.1) is 52.7 Å². The first kappa shape index (κ1) is 26.5. The van der Waals surface area contributed by atoms with Gasteiger partial charge in [0.25, 0.3) is 5.91 Å². The fraction of sp³-hybridized carbons (Fsp3) is 0.429. The number of methoxy groups -OCH3 is 1. The van der Waals surface area contributed by atoms with E-state index in [-0.39, 0.29) is 5.57 Å². The highest BCUT2D eigenvalue weighted by Gasteiger charge is 2.44. The van der Waals surface area contributed by atoms with Gasteiger partial charge in [0.15, 0.2) is 11.5 Å². The topological polar surface area (TPSA) is 102 Å². The molecule has 0 bridgehead atoms. The van der Waals surface area contributed by atoms with E-state index in [2.05, 4.69) is 0 Å². The molecule has 0 aromatic heterocycles. The van der Waals surface area contributed by atoms with Gasteiger partial charge in [0.1, 0.15) is 18.8 Å². The number of carbonyl (C=O) groups is 2. The van der Waals surface area contributed by atoms with Crippen LogP contribution in [0.5, 0.6) is 17.2 Å².